The van der Waals surface area contributed by atoms with Crippen LogP contribution in [0.1, 0.15) is 43.4 Å². The van der Waals surface area contributed by atoms with Crippen LogP contribution in [0, 0.1) is 11.8 Å². The second-order valence-electron chi connectivity index (χ2n) is 7.62. The van der Waals surface area contributed by atoms with Crippen LogP contribution in [-0.2, 0) is 16.0 Å². The molecule has 0 aliphatic heterocycles. The number of unbranched alkanes of at least 4 members (excludes halogenated alkanes) is 1. The third-order valence-electron chi connectivity index (χ3n) is 5.49. The molecular formula is C22H30Br2O5S. The number of allylic oxidation sites excluding steroid dienone is 2. The van der Waals surface area contributed by atoms with Crippen molar-refractivity contribution < 1.29 is 24.9 Å². The Morgan fingerprint density at radius 1 is 1.33 bits per heavy atom. The van der Waals surface area contributed by atoms with Gasteiger partial charge >= 0.3 is 5.97 Å². The van der Waals surface area contributed by atoms with Crippen LogP contribution >= 0.6 is 43.2 Å². The van der Waals surface area contributed by atoms with Crippen molar-refractivity contribution in [2.45, 2.75) is 63.3 Å². The van der Waals surface area contributed by atoms with E-state index in [0.29, 0.717) is 25.7 Å². The zero-order valence-electron chi connectivity index (χ0n) is 17.0. The highest BCUT2D eigenvalue weighted by atomic mass is 79.9. The number of rotatable bonds is 12. The van der Waals surface area contributed by atoms with E-state index in [4.69, 9.17) is 9.84 Å². The monoisotopic (exact) mass is 564 g/mol. The molecular weight excluding hydrogens is 536 g/mol. The minimum absolute atomic E-state index is 0.0492. The molecule has 5 nitrogen and oxygen atoms in total. The number of carboxylic acids is 1. The van der Waals surface area contributed by atoms with Crippen LogP contribution < -0.4 is 0 Å². The summed E-state index contributed by atoms with van der Waals surface area (Å²) in [5, 5.41) is 29.5. The van der Waals surface area contributed by atoms with E-state index < -0.39 is 18.2 Å². The van der Waals surface area contributed by atoms with Crippen LogP contribution in [0.5, 0.6) is 0 Å². The first-order chi connectivity index (χ1) is 14.3. The highest BCUT2D eigenvalue weighted by Crippen LogP contribution is 2.37. The van der Waals surface area contributed by atoms with Gasteiger partial charge in [0.1, 0.15) is 0 Å². The van der Waals surface area contributed by atoms with Gasteiger partial charge in [0.15, 0.2) is 0 Å². The topological polar surface area (TPSA) is 87.0 Å². The van der Waals surface area contributed by atoms with Crippen molar-refractivity contribution in [1.29, 1.82) is 0 Å². The summed E-state index contributed by atoms with van der Waals surface area (Å²) in [5.41, 5.74) is 0. The van der Waals surface area contributed by atoms with Crippen LogP contribution in [-0.4, -0.2) is 46.7 Å². The number of ether oxygens (including phenoxy) is 1. The number of aryl methyl sites for hydroxylation is 1. The van der Waals surface area contributed by atoms with E-state index in [1.54, 1.807) is 18.4 Å². The predicted octanol–water partition coefficient (Wildman–Crippen LogP) is 5.34. The van der Waals surface area contributed by atoms with Gasteiger partial charge in [-0.2, -0.15) is 0 Å². The Morgan fingerprint density at radius 2 is 2.10 bits per heavy atom. The Bertz CT molecular complexity index is 733. The van der Waals surface area contributed by atoms with E-state index in [0.717, 1.165) is 21.1 Å². The fourth-order valence-corrected chi connectivity index (χ4v) is 6.55. The summed E-state index contributed by atoms with van der Waals surface area (Å²) in [6.45, 7) is 0. The summed E-state index contributed by atoms with van der Waals surface area (Å²) in [5.74, 6) is -0.953. The van der Waals surface area contributed by atoms with Gasteiger partial charge in [0.05, 0.1) is 22.1 Å². The molecule has 0 saturated heterocycles. The van der Waals surface area contributed by atoms with E-state index in [9.17, 15) is 15.0 Å². The lowest BCUT2D eigenvalue weighted by Crippen LogP contribution is -2.20. The van der Waals surface area contributed by atoms with Gasteiger partial charge in [0.2, 0.25) is 0 Å². The Morgan fingerprint density at radius 3 is 2.73 bits per heavy atom. The van der Waals surface area contributed by atoms with Crippen molar-refractivity contribution in [2.24, 2.45) is 11.8 Å². The van der Waals surface area contributed by atoms with Crippen molar-refractivity contribution in [3.05, 3.63) is 43.5 Å². The van der Waals surface area contributed by atoms with Crippen molar-refractivity contribution >= 4 is 49.2 Å². The molecule has 0 aromatic carbocycles. The average Bonchev–Trinajstić information content (AvgIpc) is 3.15. The van der Waals surface area contributed by atoms with Crippen molar-refractivity contribution in [3.63, 3.8) is 0 Å². The number of carboxylic acid groups (broad SMARTS) is 1. The van der Waals surface area contributed by atoms with Crippen LogP contribution in [0.2, 0.25) is 0 Å². The predicted molar refractivity (Wildman–Crippen MR) is 127 cm³/mol. The summed E-state index contributed by atoms with van der Waals surface area (Å²) < 4.78 is 7.80. The molecule has 5 atom stereocenters. The number of hydrogen-bond donors (Lipinski definition) is 3. The zero-order valence-corrected chi connectivity index (χ0v) is 21.0. The summed E-state index contributed by atoms with van der Waals surface area (Å²) in [6, 6.07) is 2.05. The summed E-state index contributed by atoms with van der Waals surface area (Å²) in [4.78, 5) is 11.8. The van der Waals surface area contributed by atoms with Crippen LogP contribution in [0.3, 0.4) is 0 Å². The maximum absolute atomic E-state index is 10.6. The summed E-state index contributed by atoms with van der Waals surface area (Å²) in [7, 11) is 1.69. The third-order valence-corrected chi connectivity index (χ3v) is 8.15. The molecule has 1 aromatic rings. The Hall–Kier alpha value is -0.510. The average molecular weight is 566 g/mol. The molecule has 8 heteroatoms. The molecule has 30 heavy (non-hydrogen) atoms. The molecule has 2 rings (SSSR count). The van der Waals surface area contributed by atoms with Gasteiger partial charge in [0.25, 0.3) is 0 Å². The standard InChI is InChI=1S/C22H30Br2O5S/c1-29-14(9-11-20-17(23)12-21(24)30-20)8-10-16-15(18(25)13-19(16)26)6-4-2-3-5-7-22(27)28/h2,4,8,10,12,14-16,18-19,25-26H,3,5-7,9,11,13H2,1H3,(H,27,28)/b4-2-,10-8+/t14?,15-,16-,18?,19?/m1/s1. The maximum Gasteiger partial charge on any atom is 0.303 e. The molecule has 1 aromatic heterocycles. The molecule has 1 fully saturated rings. The quantitative estimate of drug-likeness (QED) is 0.235. The van der Waals surface area contributed by atoms with Crippen molar-refractivity contribution in [2.75, 3.05) is 7.11 Å². The van der Waals surface area contributed by atoms with E-state index >= 15 is 0 Å². The second kappa shape index (κ2) is 13.1. The molecule has 0 spiro atoms. The lowest BCUT2D eigenvalue weighted by atomic mass is 9.89. The second-order valence-corrected chi connectivity index (χ2v) is 11.0. The molecule has 0 amide bonds. The first kappa shape index (κ1) is 25.7. The molecule has 1 heterocycles. The number of aliphatic hydroxyl groups is 2. The number of aliphatic carboxylic acids is 1. The van der Waals surface area contributed by atoms with Gasteiger partial charge in [-0.1, -0.05) is 24.3 Å². The number of carbonyl (C=O) groups is 1. The number of methoxy groups -OCH3 is 1. The largest absolute Gasteiger partial charge is 0.481 e. The number of halogens is 2. The van der Waals surface area contributed by atoms with Gasteiger partial charge < -0.3 is 20.1 Å². The van der Waals surface area contributed by atoms with Crippen molar-refractivity contribution in [1.82, 2.24) is 0 Å². The number of hydrogen-bond acceptors (Lipinski definition) is 5. The van der Waals surface area contributed by atoms with E-state index in [1.807, 2.05) is 30.4 Å². The molecule has 0 radical (unpaired) electrons. The highest BCUT2D eigenvalue weighted by molar-refractivity contribution is 9.11. The summed E-state index contributed by atoms with van der Waals surface area (Å²) >= 11 is 8.78. The Labute approximate surface area is 199 Å². The minimum atomic E-state index is -0.783. The van der Waals surface area contributed by atoms with Crippen LogP contribution in [0.15, 0.2) is 38.6 Å². The number of aliphatic hydroxyl groups excluding tert-OH is 2. The third kappa shape index (κ3) is 8.20. The molecule has 3 N–H and O–H groups in total. The molecule has 1 saturated carbocycles. The molecule has 1 aliphatic rings. The van der Waals surface area contributed by atoms with Gasteiger partial charge in [-0.05, 0) is 75.9 Å². The Kier molecular flexibility index (Phi) is 11.3. The fourth-order valence-electron chi connectivity index (χ4n) is 3.81. The molecule has 3 unspecified atom stereocenters. The fraction of sp³-hybridized carbons (Fsp3) is 0.591. The maximum atomic E-state index is 10.6. The first-order valence-electron chi connectivity index (χ1n) is 10.2. The van der Waals surface area contributed by atoms with E-state index in [-0.39, 0.29) is 24.4 Å². The summed E-state index contributed by atoms with van der Waals surface area (Å²) in [6.07, 6.45) is 11.0. The normalized spacial score (nSPS) is 25.5. The zero-order chi connectivity index (χ0) is 22.1. The van der Waals surface area contributed by atoms with Gasteiger partial charge in [-0.25, -0.2) is 0 Å². The van der Waals surface area contributed by atoms with Crippen LogP contribution in [0.25, 0.3) is 0 Å². The van der Waals surface area contributed by atoms with Crippen LogP contribution in [0.4, 0.5) is 0 Å². The lowest BCUT2D eigenvalue weighted by molar-refractivity contribution is -0.137. The Balaban J connectivity index is 1.89. The van der Waals surface area contributed by atoms with Gasteiger partial charge in [-0.3, -0.25) is 4.79 Å². The lowest BCUT2D eigenvalue weighted by Gasteiger charge is -2.20. The first-order valence-corrected chi connectivity index (χ1v) is 12.6. The van der Waals surface area contributed by atoms with E-state index in [1.165, 1.54) is 4.88 Å². The minimum Gasteiger partial charge on any atom is -0.481 e. The van der Waals surface area contributed by atoms with E-state index in [2.05, 4.69) is 31.9 Å². The van der Waals surface area contributed by atoms with Crippen molar-refractivity contribution in [3.8, 4) is 0 Å². The van der Waals surface area contributed by atoms with Gasteiger partial charge in [-0.15, -0.1) is 11.3 Å². The molecule has 1 aliphatic carbocycles. The highest BCUT2D eigenvalue weighted by Gasteiger charge is 2.39. The molecule has 168 valence electrons. The molecule has 0 bridgehead atoms. The van der Waals surface area contributed by atoms with Gasteiger partial charge in [0, 0.05) is 35.2 Å². The smallest absolute Gasteiger partial charge is 0.303 e. The SMILES string of the molecule is COC(/C=C/[C@H]1C(O)CC(O)[C@@H]1C/C=C\CCCC(=O)O)CCc1sc(Br)cc1Br. The number of thiophene rings is 1.